The van der Waals surface area contributed by atoms with Gasteiger partial charge in [0, 0.05) is 14.2 Å². The second-order valence-electron chi connectivity index (χ2n) is 4.58. The first kappa shape index (κ1) is 16.9. The summed E-state index contributed by atoms with van der Waals surface area (Å²) in [6.45, 7) is 5.78. The van der Waals surface area contributed by atoms with E-state index >= 15 is 0 Å². The van der Waals surface area contributed by atoms with Gasteiger partial charge in [0.25, 0.3) is 0 Å². The molecule has 2 unspecified atom stereocenters. The van der Waals surface area contributed by atoms with E-state index in [4.69, 9.17) is 14.2 Å². The van der Waals surface area contributed by atoms with Gasteiger partial charge in [-0.1, -0.05) is 39.5 Å². The van der Waals surface area contributed by atoms with E-state index in [0.717, 1.165) is 12.8 Å². The maximum Gasteiger partial charge on any atom is 0.0813 e. The molecule has 3 heteroatoms. The Morgan fingerprint density at radius 3 is 1.47 bits per heavy atom. The van der Waals surface area contributed by atoms with Crippen molar-refractivity contribution in [3.63, 3.8) is 0 Å². The molecule has 0 fully saturated rings. The summed E-state index contributed by atoms with van der Waals surface area (Å²) in [7, 11) is 3.47. The summed E-state index contributed by atoms with van der Waals surface area (Å²) >= 11 is 0. The van der Waals surface area contributed by atoms with Crippen LogP contribution in [0.5, 0.6) is 0 Å². The quantitative estimate of drug-likeness (QED) is 0.528. The highest BCUT2D eigenvalue weighted by atomic mass is 16.6. The van der Waals surface area contributed by atoms with Crippen molar-refractivity contribution in [3.05, 3.63) is 0 Å². The van der Waals surface area contributed by atoms with E-state index in [1.165, 1.54) is 25.7 Å². The van der Waals surface area contributed by atoms with Gasteiger partial charge in [0.2, 0.25) is 0 Å². The molecule has 0 saturated carbocycles. The predicted octanol–water partition coefficient (Wildman–Crippen LogP) is 3.41. The van der Waals surface area contributed by atoms with Crippen LogP contribution in [0.15, 0.2) is 0 Å². The molecule has 0 bridgehead atoms. The first-order valence-corrected chi connectivity index (χ1v) is 6.91. The molecule has 17 heavy (non-hydrogen) atoms. The summed E-state index contributed by atoms with van der Waals surface area (Å²) in [6.07, 6.45) is 7.39. The lowest BCUT2D eigenvalue weighted by Crippen LogP contribution is -2.29. The molecule has 0 spiro atoms. The minimum absolute atomic E-state index is 0.219. The second kappa shape index (κ2) is 12.3. The molecule has 0 saturated heterocycles. The molecule has 0 heterocycles. The van der Waals surface area contributed by atoms with Crippen molar-refractivity contribution in [2.45, 2.75) is 64.6 Å². The molecule has 0 aromatic rings. The largest absolute Gasteiger partial charge is 0.382 e. The van der Waals surface area contributed by atoms with Crippen molar-refractivity contribution < 1.29 is 14.2 Å². The fourth-order valence-corrected chi connectivity index (χ4v) is 1.89. The van der Waals surface area contributed by atoms with Gasteiger partial charge in [-0.3, -0.25) is 0 Å². The molecule has 0 aliphatic rings. The fourth-order valence-electron chi connectivity index (χ4n) is 1.89. The van der Waals surface area contributed by atoms with Gasteiger partial charge in [0.05, 0.1) is 25.4 Å². The Morgan fingerprint density at radius 1 is 0.765 bits per heavy atom. The molecule has 2 atom stereocenters. The zero-order chi connectivity index (χ0) is 12.9. The molecule has 0 aromatic heterocycles. The number of methoxy groups -OCH3 is 2. The minimum Gasteiger partial charge on any atom is -0.382 e. The third-order valence-corrected chi connectivity index (χ3v) is 2.85. The smallest absolute Gasteiger partial charge is 0.0813 e. The summed E-state index contributed by atoms with van der Waals surface area (Å²) in [4.78, 5) is 0. The summed E-state index contributed by atoms with van der Waals surface area (Å²) in [6, 6.07) is 0. The number of hydrogen-bond donors (Lipinski definition) is 0. The highest BCUT2D eigenvalue weighted by Crippen LogP contribution is 2.13. The molecule has 3 nitrogen and oxygen atoms in total. The highest BCUT2D eigenvalue weighted by molar-refractivity contribution is 4.64. The lowest BCUT2D eigenvalue weighted by molar-refractivity contribution is -0.0799. The molecule has 0 rings (SSSR count). The lowest BCUT2D eigenvalue weighted by Gasteiger charge is -2.24. The van der Waals surface area contributed by atoms with E-state index in [2.05, 4.69) is 13.8 Å². The lowest BCUT2D eigenvalue weighted by atomic mass is 10.1. The molecule has 0 N–H and O–H groups in total. The number of unbranched alkanes of at least 4 members (excludes halogenated alkanes) is 2. The molecule has 0 aliphatic heterocycles. The predicted molar refractivity (Wildman–Crippen MR) is 71.5 cm³/mol. The maximum atomic E-state index is 6.09. The Kier molecular flexibility index (Phi) is 12.3. The first-order chi connectivity index (χ1) is 8.28. The van der Waals surface area contributed by atoms with Crippen molar-refractivity contribution in [2.24, 2.45) is 0 Å². The van der Waals surface area contributed by atoms with Crippen molar-refractivity contribution >= 4 is 0 Å². The van der Waals surface area contributed by atoms with E-state index in [1.807, 2.05) is 0 Å². The number of hydrogen-bond acceptors (Lipinski definition) is 3. The molecule has 0 amide bonds. The summed E-state index contributed by atoms with van der Waals surface area (Å²) in [5.41, 5.74) is 0. The van der Waals surface area contributed by atoms with E-state index in [9.17, 15) is 0 Å². The van der Waals surface area contributed by atoms with Gasteiger partial charge in [0.15, 0.2) is 0 Å². The van der Waals surface area contributed by atoms with Crippen LogP contribution < -0.4 is 0 Å². The SMILES string of the molecule is CCCCC(COC)OC(CCCC)COC. The third kappa shape index (κ3) is 9.57. The van der Waals surface area contributed by atoms with Crippen LogP contribution in [0.4, 0.5) is 0 Å². The Hall–Kier alpha value is -0.120. The highest BCUT2D eigenvalue weighted by Gasteiger charge is 2.16. The van der Waals surface area contributed by atoms with Crippen LogP contribution in [0.3, 0.4) is 0 Å². The molecule has 104 valence electrons. The van der Waals surface area contributed by atoms with Gasteiger partial charge >= 0.3 is 0 Å². The van der Waals surface area contributed by atoms with Crippen LogP contribution in [0.1, 0.15) is 52.4 Å². The van der Waals surface area contributed by atoms with Crippen LogP contribution >= 0.6 is 0 Å². The summed E-state index contributed by atoms with van der Waals surface area (Å²) in [5.74, 6) is 0. The molecular formula is C14H30O3. The van der Waals surface area contributed by atoms with Gasteiger partial charge in [0.1, 0.15) is 0 Å². The minimum atomic E-state index is 0.219. The van der Waals surface area contributed by atoms with Gasteiger partial charge in [-0.05, 0) is 12.8 Å². The van der Waals surface area contributed by atoms with E-state index in [-0.39, 0.29) is 12.2 Å². The maximum absolute atomic E-state index is 6.09. The average molecular weight is 246 g/mol. The Morgan fingerprint density at radius 2 is 1.18 bits per heavy atom. The van der Waals surface area contributed by atoms with Crippen LogP contribution in [-0.2, 0) is 14.2 Å². The zero-order valence-corrected chi connectivity index (χ0v) is 12.0. The van der Waals surface area contributed by atoms with Crippen LogP contribution in [0.25, 0.3) is 0 Å². The van der Waals surface area contributed by atoms with Crippen molar-refractivity contribution in [2.75, 3.05) is 27.4 Å². The van der Waals surface area contributed by atoms with Crippen molar-refractivity contribution in [1.29, 1.82) is 0 Å². The van der Waals surface area contributed by atoms with Gasteiger partial charge < -0.3 is 14.2 Å². The zero-order valence-electron chi connectivity index (χ0n) is 12.0. The molecule has 0 radical (unpaired) electrons. The van der Waals surface area contributed by atoms with Crippen molar-refractivity contribution in [3.8, 4) is 0 Å². The van der Waals surface area contributed by atoms with E-state index in [1.54, 1.807) is 14.2 Å². The Balaban J connectivity index is 4.02. The average Bonchev–Trinajstić information content (AvgIpc) is 2.33. The van der Waals surface area contributed by atoms with Crippen LogP contribution in [0, 0.1) is 0 Å². The van der Waals surface area contributed by atoms with Crippen molar-refractivity contribution in [1.82, 2.24) is 0 Å². The number of ether oxygens (including phenoxy) is 3. The van der Waals surface area contributed by atoms with Crippen LogP contribution in [0.2, 0.25) is 0 Å². The van der Waals surface area contributed by atoms with Crippen LogP contribution in [-0.4, -0.2) is 39.6 Å². The Labute approximate surface area is 107 Å². The topological polar surface area (TPSA) is 27.7 Å². The summed E-state index contributed by atoms with van der Waals surface area (Å²) < 4.78 is 16.5. The van der Waals surface area contributed by atoms with Gasteiger partial charge in [-0.2, -0.15) is 0 Å². The third-order valence-electron chi connectivity index (χ3n) is 2.85. The molecular weight excluding hydrogens is 216 g/mol. The first-order valence-electron chi connectivity index (χ1n) is 6.91. The van der Waals surface area contributed by atoms with E-state index < -0.39 is 0 Å². The number of rotatable bonds is 12. The van der Waals surface area contributed by atoms with Gasteiger partial charge in [-0.15, -0.1) is 0 Å². The fraction of sp³-hybridized carbons (Fsp3) is 1.00. The second-order valence-corrected chi connectivity index (χ2v) is 4.58. The monoisotopic (exact) mass is 246 g/mol. The Bertz CT molecular complexity index is 134. The summed E-state index contributed by atoms with van der Waals surface area (Å²) in [5, 5.41) is 0. The molecule has 0 aromatic carbocycles. The normalized spacial score (nSPS) is 14.8. The van der Waals surface area contributed by atoms with Gasteiger partial charge in [-0.25, -0.2) is 0 Å². The standard InChI is InChI=1S/C14H30O3/c1-5-7-9-13(11-15-3)17-14(12-16-4)10-8-6-2/h13-14H,5-12H2,1-4H3. The molecule has 0 aliphatic carbocycles. The van der Waals surface area contributed by atoms with E-state index in [0.29, 0.717) is 13.2 Å².